The predicted molar refractivity (Wildman–Crippen MR) is 50.9 cm³/mol. The number of rotatable bonds is 2. The molecule has 0 saturated heterocycles. The molecule has 0 bridgehead atoms. The zero-order valence-corrected chi connectivity index (χ0v) is 7.38. The van der Waals surface area contributed by atoms with E-state index in [2.05, 4.69) is 4.98 Å². The molecule has 2 aromatic rings. The van der Waals surface area contributed by atoms with Crippen LogP contribution in [0.25, 0.3) is 0 Å². The van der Waals surface area contributed by atoms with Crippen molar-refractivity contribution < 1.29 is 9.84 Å². The Balaban J connectivity index is 2.16. The van der Waals surface area contributed by atoms with Crippen molar-refractivity contribution in [1.82, 2.24) is 4.98 Å². The summed E-state index contributed by atoms with van der Waals surface area (Å²) >= 11 is 0. The lowest BCUT2D eigenvalue weighted by Crippen LogP contribution is -1.85. The molecule has 0 aliphatic carbocycles. The van der Waals surface area contributed by atoms with E-state index in [1.807, 2.05) is 12.1 Å². The highest BCUT2D eigenvalue weighted by molar-refractivity contribution is 5.32. The van der Waals surface area contributed by atoms with Gasteiger partial charge in [-0.3, -0.25) is 5.11 Å². The molecule has 3 heteroatoms. The topological polar surface area (TPSA) is 42.0 Å². The van der Waals surface area contributed by atoms with Crippen molar-refractivity contribution in [1.29, 1.82) is 0 Å². The lowest BCUT2D eigenvalue weighted by molar-refractivity contribution is 0.353. The molecule has 1 heterocycles. The van der Waals surface area contributed by atoms with Crippen LogP contribution in [0, 0.1) is 0 Å². The van der Waals surface area contributed by atoms with Crippen LogP contribution in [0.4, 0.5) is 0 Å². The SMILES string of the molecule is [O]c1ccc(Oc2ccccn2)cc1. The molecule has 2 rings (SSSR count). The van der Waals surface area contributed by atoms with Crippen molar-refractivity contribution in [2.24, 2.45) is 0 Å². The summed E-state index contributed by atoms with van der Waals surface area (Å²) in [5, 5.41) is 10.8. The number of hydrogen-bond donors (Lipinski definition) is 0. The van der Waals surface area contributed by atoms with E-state index in [0.29, 0.717) is 11.6 Å². The van der Waals surface area contributed by atoms with Crippen molar-refractivity contribution >= 4 is 0 Å². The summed E-state index contributed by atoms with van der Waals surface area (Å²) in [6.45, 7) is 0. The first kappa shape index (κ1) is 8.56. The fourth-order valence-corrected chi connectivity index (χ4v) is 1.04. The molecule has 14 heavy (non-hydrogen) atoms. The van der Waals surface area contributed by atoms with Gasteiger partial charge in [0.1, 0.15) is 5.75 Å². The van der Waals surface area contributed by atoms with Crippen LogP contribution in [0.5, 0.6) is 17.4 Å². The summed E-state index contributed by atoms with van der Waals surface area (Å²) in [6, 6.07) is 11.6. The van der Waals surface area contributed by atoms with Crippen molar-refractivity contribution in [3.63, 3.8) is 0 Å². The molecule has 0 aliphatic heterocycles. The van der Waals surface area contributed by atoms with Crippen LogP contribution in [0.2, 0.25) is 0 Å². The summed E-state index contributed by atoms with van der Waals surface area (Å²) in [7, 11) is 0. The highest BCUT2D eigenvalue weighted by Gasteiger charge is 1.97. The van der Waals surface area contributed by atoms with Gasteiger partial charge in [-0.2, -0.15) is 0 Å². The number of pyridine rings is 1. The molecule has 3 nitrogen and oxygen atoms in total. The van der Waals surface area contributed by atoms with E-state index in [9.17, 15) is 5.11 Å². The maximum atomic E-state index is 10.8. The Morgan fingerprint density at radius 2 is 1.79 bits per heavy atom. The van der Waals surface area contributed by atoms with Crippen LogP contribution in [0.15, 0.2) is 48.7 Å². The molecule has 0 atom stereocenters. The van der Waals surface area contributed by atoms with Gasteiger partial charge in [-0.05, 0) is 30.3 Å². The van der Waals surface area contributed by atoms with Gasteiger partial charge in [0.15, 0.2) is 5.75 Å². The minimum absolute atomic E-state index is 0.0293. The molecule has 1 aromatic carbocycles. The minimum atomic E-state index is -0.0293. The molecule has 0 amide bonds. The van der Waals surface area contributed by atoms with E-state index in [-0.39, 0.29) is 5.75 Å². The second kappa shape index (κ2) is 3.79. The first-order chi connectivity index (χ1) is 6.84. The van der Waals surface area contributed by atoms with Crippen LogP contribution in [0.1, 0.15) is 0 Å². The van der Waals surface area contributed by atoms with E-state index in [4.69, 9.17) is 4.74 Å². The molecule has 0 N–H and O–H groups in total. The Kier molecular flexibility index (Phi) is 2.32. The van der Waals surface area contributed by atoms with E-state index in [1.165, 1.54) is 12.1 Å². The smallest absolute Gasteiger partial charge is 0.219 e. The maximum Gasteiger partial charge on any atom is 0.219 e. The van der Waals surface area contributed by atoms with Crippen molar-refractivity contribution in [2.45, 2.75) is 0 Å². The second-order valence-corrected chi connectivity index (χ2v) is 2.74. The van der Waals surface area contributed by atoms with Gasteiger partial charge in [0, 0.05) is 12.3 Å². The summed E-state index contributed by atoms with van der Waals surface area (Å²) in [5.74, 6) is 1.10. The maximum absolute atomic E-state index is 10.8. The normalized spacial score (nSPS) is 9.71. The molecular weight excluding hydrogens is 178 g/mol. The van der Waals surface area contributed by atoms with Crippen LogP contribution in [0.3, 0.4) is 0 Å². The van der Waals surface area contributed by atoms with E-state index in [1.54, 1.807) is 24.4 Å². The Morgan fingerprint density at radius 1 is 1.00 bits per heavy atom. The standard InChI is InChI=1S/C11H8NO2/c13-9-4-6-10(7-5-9)14-11-3-1-2-8-12-11/h1-8H. The minimum Gasteiger partial charge on any atom is -0.439 e. The third-order valence-electron chi connectivity index (χ3n) is 1.68. The Labute approximate surface area is 81.6 Å². The zero-order valence-electron chi connectivity index (χ0n) is 7.38. The van der Waals surface area contributed by atoms with Gasteiger partial charge in [-0.25, -0.2) is 4.98 Å². The molecular formula is C11H8NO2. The second-order valence-electron chi connectivity index (χ2n) is 2.74. The zero-order chi connectivity index (χ0) is 9.80. The molecule has 0 fully saturated rings. The molecule has 0 aliphatic rings. The monoisotopic (exact) mass is 186 g/mol. The Morgan fingerprint density at radius 3 is 2.43 bits per heavy atom. The van der Waals surface area contributed by atoms with Crippen molar-refractivity contribution in [2.75, 3.05) is 0 Å². The third-order valence-corrected chi connectivity index (χ3v) is 1.68. The van der Waals surface area contributed by atoms with Crippen LogP contribution >= 0.6 is 0 Å². The summed E-state index contributed by atoms with van der Waals surface area (Å²) in [6.07, 6.45) is 1.65. The average Bonchev–Trinajstić information content (AvgIpc) is 2.23. The van der Waals surface area contributed by atoms with Gasteiger partial charge in [0.2, 0.25) is 5.88 Å². The van der Waals surface area contributed by atoms with Gasteiger partial charge < -0.3 is 4.74 Å². The molecule has 0 unspecified atom stereocenters. The highest BCUT2D eigenvalue weighted by Crippen LogP contribution is 2.21. The van der Waals surface area contributed by atoms with Crippen molar-refractivity contribution in [3.05, 3.63) is 48.7 Å². The third kappa shape index (κ3) is 2.01. The summed E-state index contributed by atoms with van der Waals surface area (Å²) in [4.78, 5) is 4.00. The average molecular weight is 186 g/mol. The Hall–Kier alpha value is -2.03. The number of hydrogen-bond acceptors (Lipinski definition) is 2. The van der Waals surface area contributed by atoms with Crippen molar-refractivity contribution in [3.8, 4) is 17.4 Å². The first-order valence-electron chi connectivity index (χ1n) is 4.20. The van der Waals surface area contributed by atoms with Gasteiger partial charge in [-0.1, -0.05) is 6.07 Å². The molecule has 0 saturated carbocycles. The molecule has 1 radical (unpaired) electrons. The van der Waals surface area contributed by atoms with Gasteiger partial charge >= 0.3 is 0 Å². The summed E-state index contributed by atoms with van der Waals surface area (Å²) in [5.41, 5.74) is 0. The number of aromatic nitrogens is 1. The summed E-state index contributed by atoms with van der Waals surface area (Å²) < 4.78 is 5.38. The van der Waals surface area contributed by atoms with Crippen LogP contribution < -0.4 is 4.74 Å². The van der Waals surface area contributed by atoms with Crippen LogP contribution in [-0.2, 0) is 5.11 Å². The largest absolute Gasteiger partial charge is 0.439 e. The predicted octanol–water partition coefficient (Wildman–Crippen LogP) is 3.02. The number of ether oxygens (including phenoxy) is 1. The molecule has 69 valence electrons. The highest BCUT2D eigenvalue weighted by atomic mass is 16.5. The van der Waals surface area contributed by atoms with Gasteiger partial charge in [0.05, 0.1) is 0 Å². The fraction of sp³-hybridized carbons (Fsp3) is 0. The lowest BCUT2D eigenvalue weighted by atomic mass is 10.3. The number of benzene rings is 1. The van der Waals surface area contributed by atoms with E-state index in [0.717, 1.165) is 0 Å². The first-order valence-corrected chi connectivity index (χ1v) is 4.20. The van der Waals surface area contributed by atoms with Crippen LogP contribution in [-0.4, -0.2) is 4.98 Å². The number of nitrogens with zero attached hydrogens (tertiary/aromatic N) is 1. The Bertz CT molecular complexity index is 397. The van der Waals surface area contributed by atoms with E-state index >= 15 is 0 Å². The molecule has 1 aromatic heterocycles. The lowest BCUT2D eigenvalue weighted by Gasteiger charge is -2.02. The van der Waals surface area contributed by atoms with Gasteiger partial charge in [0.25, 0.3) is 0 Å². The fourth-order valence-electron chi connectivity index (χ4n) is 1.04. The van der Waals surface area contributed by atoms with E-state index < -0.39 is 0 Å². The quantitative estimate of drug-likeness (QED) is 0.723. The van der Waals surface area contributed by atoms with Gasteiger partial charge in [-0.15, -0.1) is 0 Å². The molecule has 0 spiro atoms.